The first kappa shape index (κ1) is 23.5. The van der Waals surface area contributed by atoms with Gasteiger partial charge in [-0.15, -0.1) is 0 Å². The Kier molecular flexibility index (Phi) is 6.40. The number of benzene rings is 1. The highest BCUT2D eigenvalue weighted by Gasteiger charge is 2.31. The third kappa shape index (κ3) is 5.00. The van der Waals surface area contributed by atoms with Crippen LogP contribution in [0, 0.1) is 18.7 Å². The summed E-state index contributed by atoms with van der Waals surface area (Å²) in [5.41, 5.74) is 2.49. The molecule has 4 rings (SSSR count). The molecule has 1 aromatic carbocycles. The van der Waals surface area contributed by atoms with Gasteiger partial charge in [-0.3, -0.25) is 4.79 Å². The number of alkyl carbamates (subject to hydrolysis) is 1. The van der Waals surface area contributed by atoms with Crippen LogP contribution in [0.2, 0.25) is 0 Å². The van der Waals surface area contributed by atoms with Crippen molar-refractivity contribution >= 4 is 22.7 Å². The number of aryl methyl sites for hydroxylation is 1. The number of rotatable bonds is 6. The summed E-state index contributed by atoms with van der Waals surface area (Å²) in [4.78, 5) is 27.0. The molecule has 0 spiro atoms. The third-order valence-electron chi connectivity index (χ3n) is 6.40. The summed E-state index contributed by atoms with van der Waals surface area (Å²) in [6.07, 6.45) is 2.38. The molecule has 1 atom stereocenters. The van der Waals surface area contributed by atoms with Gasteiger partial charge in [0.2, 0.25) is 0 Å². The fourth-order valence-corrected chi connectivity index (χ4v) is 4.88. The van der Waals surface area contributed by atoms with E-state index in [9.17, 15) is 9.59 Å². The van der Waals surface area contributed by atoms with Crippen molar-refractivity contribution in [1.29, 1.82) is 0 Å². The maximum Gasteiger partial charge on any atom is 0.407 e. The van der Waals surface area contributed by atoms with E-state index in [4.69, 9.17) is 4.74 Å². The van der Waals surface area contributed by atoms with Crippen LogP contribution in [0.15, 0.2) is 16.9 Å². The summed E-state index contributed by atoms with van der Waals surface area (Å²) in [5.74, 6) is -0.0626. The number of halogens is 1. The fourth-order valence-electron chi connectivity index (χ4n) is 4.88. The number of hydrogen-bond acceptors (Lipinski definition) is 5. The molecule has 33 heavy (non-hydrogen) atoms. The van der Waals surface area contributed by atoms with Crippen LogP contribution in [-0.2, 0) is 11.3 Å². The molecule has 1 unspecified atom stereocenters. The van der Waals surface area contributed by atoms with E-state index < -0.39 is 11.7 Å². The Morgan fingerprint density at radius 2 is 1.97 bits per heavy atom. The largest absolute Gasteiger partial charge is 0.444 e. The number of carbonyl (C=O) groups excluding carboxylic acids is 1. The molecule has 1 aliphatic carbocycles. The van der Waals surface area contributed by atoms with Gasteiger partial charge in [-0.05, 0) is 77.1 Å². The highest BCUT2D eigenvalue weighted by atomic mass is 19.1. The van der Waals surface area contributed by atoms with Crippen LogP contribution in [0.25, 0.3) is 10.9 Å². The number of ether oxygens (including phenoxy) is 1. The third-order valence-corrected chi connectivity index (χ3v) is 6.40. The monoisotopic (exact) mass is 458 g/mol. The number of aromatic nitrogens is 1. The number of nitrogens with one attached hydrogen (secondary N) is 2. The van der Waals surface area contributed by atoms with E-state index in [0.29, 0.717) is 31.9 Å². The van der Waals surface area contributed by atoms with Crippen LogP contribution < -0.4 is 21.1 Å². The van der Waals surface area contributed by atoms with Crippen LogP contribution in [0.1, 0.15) is 57.2 Å². The fraction of sp³-hybridized carbons (Fsp3) is 0.600. The standard InChI is InChI=1S/C25H35FN4O3/c1-15-22-19(17(13-27-5)10-21(31)30(22)18-6-7-18)11-20(26)23(15)29-9-8-16(14-29)12-28-24(32)33-25(2,3)4/h10-11,16,18,27H,6-9,12-14H2,1-5H3,(H,28,32). The van der Waals surface area contributed by atoms with E-state index in [1.165, 1.54) is 0 Å². The van der Waals surface area contributed by atoms with Gasteiger partial charge >= 0.3 is 6.09 Å². The summed E-state index contributed by atoms with van der Waals surface area (Å²) >= 11 is 0. The van der Waals surface area contributed by atoms with E-state index >= 15 is 4.39 Å². The van der Waals surface area contributed by atoms with Crippen LogP contribution in [0.5, 0.6) is 0 Å². The van der Waals surface area contributed by atoms with Crippen LogP contribution >= 0.6 is 0 Å². The van der Waals surface area contributed by atoms with E-state index in [2.05, 4.69) is 15.5 Å². The van der Waals surface area contributed by atoms with Crippen molar-refractivity contribution in [3.05, 3.63) is 39.4 Å². The highest BCUT2D eigenvalue weighted by Crippen LogP contribution is 2.40. The molecule has 0 bridgehead atoms. The van der Waals surface area contributed by atoms with Crippen molar-refractivity contribution in [2.75, 3.05) is 31.6 Å². The molecule has 8 heteroatoms. The second kappa shape index (κ2) is 8.97. The topological polar surface area (TPSA) is 75.6 Å². The van der Waals surface area contributed by atoms with Crippen molar-refractivity contribution in [2.45, 2.75) is 65.1 Å². The zero-order valence-corrected chi connectivity index (χ0v) is 20.3. The van der Waals surface area contributed by atoms with Crippen LogP contribution in [0.4, 0.5) is 14.9 Å². The molecular formula is C25H35FN4O3. The van der Waals surface area contributed by atoms with Gasteiger partial charge in [0, 0.05) is 43.7 Å². The number of amides is 1. The Hall–Kier alpha value is -2.61. The second-order valence-corrected chi connectivity index (χ2v) is 10.4. The minimum absolute atomic E-state index is 0.0169. The van der Waals surface area contributed by atoms with Gasteiger partial charge in [0.25, 0.3) is 5.56 Å². The first-order chi connectivity index (χ1) is 15.6. The number of anilines is 1. The lowest BCUT2D eigenvalue weighted by Crippen LogP contribution is -2.36. The number of hydrogen-bond donors (Lipinski definition) is 2. The van der Waals surface area contributed by atoms with Gasteiger partial charge in [-0.2, -0.15) is 0 Å². The summed E-state index contributed by atoms with van der Waals surface area (Å²) in [6.45, 7) is 9.76. The average Bonchev–Trinajstić information content (AvgIpc) is 3.44. The summed E-state index contributed by atoms with van der Waals surface area (Å²) in [5, 5.41) is 6.74. The Labute approximate surface area is 194 Å². The second-order valence-electron chi connectivity index (χ2n) is 10.4. The molecule has 2 aromatic rings. The van der Waals surface area contributed by atoms with E-state index in [1.54, 1.807) is 12.1 Å². The Balaban J connectivity index is 1.62. The average molecular weight is 459 g/mol. The van der Waals surface area contributed by atoms with Crippen molar-refractivity contribution in [1.82, 2.24) is 15.2 Å². The molecule has 1 aromatic heterocycles. The van der Waals surface area contributed by atoms with E-state index in [0.717, 1.165) is 41.3 Å². The molecule has 1 saturated carbocycles. The zero-order valence-electron chi connectivity index (χ0n) is 20.3. The Morgan fingerprint density at radius 1 is 1.24 bits per heavy atom. The van der Waals surface area contributed by atoms with Gasteiger partial charge < -0.3 is 24.8 Å². The first-order valence-electron chi connectivity index (χ1n) is 11.8. The summed E-state index contributed by atoms with van der Waals surface area (Å²) < 4.78 is 22.7. The highest BCUT2D eigenvalue weighted by molar-refractivity contribution is 5.90. The van der Waals surface area contributed by atoms with Gasteiger partial charge in [0.05, 0.1) is 11.2 Å². The predicted molar refractivity (Wildman–Crippen MR) is 128 cm³/mol. The summed E-state index contributed by atoms with van der Waals surface area (Å²) in [6, 6.07) is 3.43. The number of carbonyl (C=O) groups is 1. The van der Waals surface area contributed by atoms with Crippen molar-refractivity contribution in [3.8, 4) is 0 Å². The molecule has 2 heterocycles. The lowest BCUT2D eigenvalue weighted by molar-refractivity contribution is 0.0520. The quantitative estimate of drug-likeness (QED) is 0.688. The molecular weight excluding hydrogens is 423 g/mol. The maximum absolute atomic E-state index is 15.5. The zero-order chi connectivity index (χ0) is 23.9. The van der Waals surface area contributed by atoms with Gasteiger partial charge in [0.15, 0.2) is 0 Å². The van der Waals surface area contributed by atoms with Gasteiger partial charge in [0.1, 0.15) is 11.4 Å². The van der Waals surface area contributed by atoms with Crippen molar-refractivity contribution in [2.24, 2.45) is 5.92 Å². The molecule has 2 aliphatic rings. The molecule has 180 valence electrons. The molecule has 1 saturated heterocycles. The van der Waals surface area contributed by atoms with E-state index in [1.807, 2.05) is 39.3 Å². The SMILES string of the molecule is CNCc1cc(=O)n(C2CC2)c2c(C)c(N3CCC(CNC(=O)OC(C)(C)C)C3)c(F)cc12. The number of fused-ring (bicyclic) bond motifs is 1. The number of pyridine rings is 1. The Morgan fingerprint density at radius 3 is 2.61 bits per heavy atom. The molecule has 2 N–H and O–H groups in total. The molecule has 1 amide bonds. The van der Waals surface area contributed by atoms with Crippen LogP contribution in [0.3, 0.4) is 0 Å². The van der Waals surface area contributed by atoms with E-state index in [-0.39, 0.29) is 23.3 Å². The predicted octanol–water partition coefficient (Wildman–Crippen LogP) is 3.85. The normalized spacial score (nSPS) is 18.7. The van der Waals surface area contributed by atoms with Crippen LogP contribution in [-0.4, -0.2) is 42.9 Å². The van der Waals surface area contributed by atoms with Crippen molar-refractivity contribution < 1.29 is 13.9 Å². The molecule has 7 nitrogen and oxygen atoms in total. The number of nitrogens with zero attached hydrogens (tertiary/aromatic N) is 2. The minimum atomic E-state index is -0.541. The maximum atomic E-state index is 15.5. The molecule has 0 radical (unpaired) electrons. The lowest BCUT2D eigenvalue weighted by Gasteiger charge is -2.25. The van der Waals surface area contributed by atoms with Crippen molar-refractivity contribution in [3.63, 3.8) is 0 Å². The Bertz CT molecular complexity index is 1120. The molecule has 1 aliphatic heterocycles. The smallest absolute Gasteiger partial charge is 0.407 e. The molecule has 2 fully saturated rings. The lowest BCUT2D eigenvalue weighted by atomic mass is 10.0. The van der Waals surface area contributed by atoms with Gasteiger partial charge in [-0.25, -0.2) is 9.18 Å². The summed E-state index contributed by atoms with van der Waals surface area (Å²) in [7, 11) is 1.82. The minimum Gasteiger partial charge on any atom is -0.444 e. The van der Waals surface area contributed by atoms with Gasteiger partial charge in [-0.1, -0.05) is 0 Å². The first-order valence-corrected chi connectivity index (χ1v) is 11.8.